The van der Waals surface area contributed by atoms with Gasteiger partial charge in [-0.1, -0.05) is 164 Å². The molecule has 15 rings (SSSR count). The molecular weight excluding hydrogens is 1850 g/mol. The number of halogens is 1. The molecule has 4 atom stereocenters. The number of hydrogen-bond donors (Lipinski definition) is 6. The molecule has 8 heterocycles. The molecule has 0 aliphatic carbocycles. The Balaban J connectivity index is 0.000000159. The van der Waals surface area contributed by atoms with E-state index in [1.807, 2.05) is 114 Å². The molecule has 0 unspecified atom stereocenters. The van der Waals surface area contributed by atoms with E-state index in [1.54, 1.807) is 178 Å². The van der Waals surface area contributed by atoms with Crippen molar-refractivity contribution in [3.63, 3.8) is 0 Å². The lowest BCUT2D eigenvalue weighted by Gasteiger charge is -2.18. The van der Waals surface area contributed by atoms with E-state index in [0.717, 1.165) is 67.5 Å². The fraction of sp³-hybridized carbons (Fsp3) is 0.136. The smallest absolute Gasteiger partial charge is 0.322 e. The van der Waals surface area contributed by atoms with Gasteiger partial charge < -0.3 is 5.73 Å². The fourth-order valence-corrected chi connectivity index (χ4v) is 23.1. The molecule has 0 bridgehead atoms. The van der Waals surface area contributed by atoms with Crippen LogP contribution in [0.3, 0.4) is 0 Å². The lowest BCUT2D eigenvalue weighted by Crippen LogP contribution is -2.31. The van der Waals surface area contributed by atoms with Gasteiger partial charge in [-0.2, -0.15) is 8.42 Å². The van der Waals surface area contributed by atoms with Gasteiger partial charge in [-0.05, 0) is 123 Å². The molecule has 15 aromatic rings. The molecule has 27 nitrogen and oxygen atoms in total. The number of sulfonamides is 3. The highest BCUT2D eigenvalue weighted by molar-refractivity contribution is 8.93. The lowest BCUT2D eigenvalue weighted by atomic mass is 10.0. The molecule has 8 aromatic heterocycles. The second kappa shape index (κ2) is 43.1. The van der Waals surface area contributed by atoms with Gasteiger partial charge in [0.15, 0.2) is 0 Å². The highest BCUT2D eigenvalue weighted by Gasteiger charge is 2.28. The third kappa shape index (κ3) is 28.2. The number of nitrogens with two attached hydrogens (primary N) is 1. The second-order valence-electron chi connectivity index (χ2n) is 26.4. The molecule has 0 radical (unpaired) electrons. The summed E-state index contributed by atoms with van der Waals surface area (Å²) in [6.45, 7) is 0. The third-order valence-corrected chi connectivity index (χ3v) is 29.6. The molecule has 0 spiro atoms. The van der Waals surface area contributed by atoms with Crippen molar-refractivity contribution in [1.29, 1.82) is 0 Å². The number of thiazole rings is 4. The van der Waals surface area contributed by atoms with Gasteiger partial charge in [0.25, 0.3) is 17.1 Å². The first-order valence-electron chi connectivity index (χ1n) is 36.0. The number of aromatic nitrogens is 4. The molecule has 0 fully saturated rings. The monoisotopic (exact) mass is 1920 g/mol. The van der Waals surface area contributed by atoms with Crippen LogP contribution in [0.5, 0.6) is 0 Å². The standard InChI is InChI=1S/C22H21N3O5S4.2C22H19N3O4S3.C15H13N3O2S2.BrH/c26-33(27,15-17-5-2-1-3-6-17)25-19(20-14-32-22(23-20)21-7-4-12-31-21)13-16-8-10-18(11-9-16)24-34(28,29)30;2*26-25(27)18-10-8-16(9-11-18)13-19(20-14-31-22(23-20)21-7-4-12-30-21)24-32(28,29)15-17-5-2-1-3-6-17;16-12(8-10-3-5-11(6-4-10)18(19)20)13-9-22-15(17-13)14-2-1-7-21-14;/h1-12,14,19,24-25H,13,15H2,(H,28,29,30);2*1-12,14,19,24H,13,15H2;1-7,9,12H,8,16H2;1H/t3*19-;12-;/m0000./s1. The van der Waals surface area contributed by atoms with Gasteiger partial charge in [0.05, 0.1) is 104 Å². The van der Waals surface area contributed by atoms with Crippen molar-refractivity contribution in [2.24, 2.45) is 5.73 Å². The zero-order valence-corrected chi connectivity index (χ0v) is 74.6. The number of nitro benzene ring substituents is 3. The molecule has 7 N–H and O–H groups in total. The van der Waals surface area contributed by atoms with Gasteiger partial charge in [0.2, 0.25) is 30.1 Å². The van der Waals surface area contributed by atoms with Crippen molar-refractivity contribution >= 4 is 171 Å². The van der Waals surface area contributed by atoms with E-state index in [9.17, 15) is 64.0 Å². The first-order valence-corrected chi connectivity index (χ1v) is 49.4. The summed E-state index contributed by atoms with van der Waals surface area (Å²) in [6, 6.07) is 65.6. The van der Waals surface area contributed by atoms with Gasteiger partial charge in [0.1, 0.15) is 20.0 Å². The molecule has 0 aliphatic heterocycles. The van der Waals surface area contributed by atoms with Gasteiger partial charge in [-0.25, -0.2) is 59.4 Å². The number of nitro groups is 3. The molecule has 0 saturated heterocycles. The number of nitrogens with one attached hydrogen (secondary N) is 4. The largest absolute Gasteiger partial charge is 0.357 e. The minimum Gasteiger partial charge on any atom is -0.322 e. The van der Waals surface area contributed by atoms with E-state index >= 15 is 0 Å². The minimum atomic E-state index is -4.38. The van der Waals surface area contributed by atoms with Crippen molar-refractivity contribution in [2.45, 2.75) is 67.1 Å². The maximum atomic E-state index is 13.0. The zero-order valence-electron chi connectivity index (χ0n) is 63.1. The number of hydrogen-bond acceptors (Lipinski definition) is 27. The summed E-state index contributed by atoms with van der Waals surface area (Å²) in [4.78, 5) is 54.0. The molecular formula is C81H73BrN12O15S12. The van der Waals surface area contributed by atoms with Crippen LogP contribution < -0.4 is 24.6 Å². The van der Waals surface area contributed by atoms with Crippen LogP contribution in [0.2, 0.25) is 0 Å². The van der Waals surface area contributed by atoms with E-state index < -0.39 is 73.3 Å². The highest BCUT2D eigenvalue weighted by atomic mass is 79.9. The molecule has 0 saturated carbocycles. The quantitative estimate of drug-likeness (QED) is 0.0126. The molecule has 0 amide bonds. The number of thiophene rings is 4. The predicted octanol–water partition coefficient (Wildman–Crippen LogP) is 19.5. The number of benzene rings is 7. The van der Waals surface area contributed by atoms with Crippen LogP contribution in [-0.4, -0.2) is 72.9 Å². The van der Waals surface area contributed by atoms with Crippen molar-refractivity contribution < 1.29 is 53.0 Å². The lowest BCUT2D eigenvalue weighted by molar-refractivity contribution is -0.385. The van der Waals surface area contributed by atoms with Crippen LogP contribution in [0.25, 0.3) is 39.5 Å². The second-order valence-corrected chi connectivity index (χ2v) is 40.1. The molecule has 7 aromatic carbocycles. The topological polar surface area (TPSA) is 412 Å². The Labute approximate surface area is 739 Å². The fourth-order valence-electron chi connectivity index (χ4n) is 11.8. The third-order valence-electron chi connectivity index (χ3n) is 17.4. The summed E-state index contributed by atoms with van der Waals surface area (Å²) in [6.07, 6.45) is 1.54. The van der Waals surface area contributed by atoms with Crippen molar-refractivity contribution in [3.8, 4) is 39.5 Å². The number of non-ortho nitro benzene ring substituents is 3. The summed E-state index contributed by atoms with van der Waals surface area (Å²) >= 11 is 12.3. The van der Waals surface area contributed by atoms with E-state index in [4.69, 9.17) is 10.3 Å². The van der Waals surface area contributed by atoms with E-state index in [-0.39, 0.29) is 63.0 Å². The average Bonchev–Trinajstić information content (AvgIpc) is 1.71. The Morgan fingerprint density at radius 3 is 0.843 bits per heavy atom. The molecule has 40 heteroatoms. The molecule has 626 valence electrons. The van der Waals surface area contributed by atoms with Crippen LogP contribution in [0.1, 0.15) is 85.9 Å². The van der Waals surface area contributed by atoms with Crippen molar-refractivity contribution in [2.75, 3.05) is 4.72 Å². The number of anilines is 1. The van der Waals surface area contributed by atoms with E-state index in [2.05, 4.69) is 34.1 Å². The van der Waals surface area contributed by atoms with Crippen LogP contribution in [0, 0.1) is 30.3 Å². The Morgan fingerprint density at radius 1 is 0.331 bits per heavy atom. The maximum absolute atomic E-state index is 13.0. The summed E-state index contributed by atoms with van der Waals surface area (Å²) < 4.78 is 119. The Hall–Kier alpha value is -10.1. The summed E-state index contributed by atoms with van der Waals surface area (Å²) in [5.74, 6) is -0.456. The van der Waals surface area contributed by atoms with Gasteiger partial charge in [-0.15, -0.1) is 108 Å². The Kier molecular flexibility index (Phi) is 32.7. The zero-order chi connectivity index (χ0) is 84.8. The molecule has 121 heavy (non-hydrogen) atoms. The molecule has 0 aliphatic rings. The van der Waals surface area contributed by atoms with Crippen LogP contribution in [0.4, 0.5) is 22.7 Å². The van der Waals surface area contributed by atoms with Gasteiger partial charge in [0, 0.05) is 57.9 Å². The van der Waals surface area contributed by atoms with E-state index in [1.165, 1.54) is 82.5 Å². The maximum Gasteiger partial charge on any atom is 0.357 e. The predicted molar refractivity (Wildman–Crippen MR) is 490 cm³/mol. The van der Waals surface area contributed by atoms with Crippen LogP contribution >= 0.6 is 108 Å². The Morgan fingerprint density at radius 2 is 0.587 bits per heavy atom. The van der Waals surface area contributed by atoms with Crippen LogP contribution in [-0.2, 0) is 83.3 Å². The first kappa shape index (κ1) is 91.7. The van der Waals surface area contributed by atoms with Gasteiger partial charge in [-0.3, -0.25) is 39.6 Å². The van der Waals surface area contributed by atoms with Gasteiger partial charge >= 0.3 is 10.3 Å². The van der Waals surface area contributed by atoms with Crippen molar-refractivity contribution in [3.05, 3.63) is 372 Å². The SMILES string of the molecule is Br.N[C@@H](Cc1ccc([N+](=O)[O-])cc1)c1csc(-c2cccs2)n1.O=S(=O)(O)Nc1ccc(C[C@H](NS(=O)(=O)Cc2ccccc2)c2csc(-c3cccs3)n2)cc1.O=[N+]([O-])c1ccc(C[C@H](NS(=O)(=O)Cc2ccccc2)c2csc(-c3cccs3)n2)cc1.O=[N+]([O-])c1ccc(C[C@H](NS(=O)(=O)Cc2ccccc2)c2csc(-c3cccs3)n2)cc1. The number of nitrogens with zero attached hydrogens (tertiary/aromatic N) is 7. The highest BCUT2D eigenvalue weighted by Crippen LogP contribution is 2.37. The van der Waals surface area contributed by atoms with Crippen molar-refractivity contribution in [1.82, 2.24) is 34.1 Å². The summed E-state index contributed by atoms with van der Waals surface area (Å²) in [5, 5.41) is 51.4. The average molecular weight is 1920 g/mol. The Bertz CT molecular complexity index is 6100. The first-order chi connectivity index (χ1) is 57.6. The van der Waals surface area contributed by atoms with Crippen LogP contribution in [0.15, 0.2) is 280 Å². The summed E-state index contributed by atoms with van der Waals surface area (Å²) in [5.41, 5.74) is 14.5. The normalized spacial score (nSPS) is 12.5. The minimum absolute atomic E-state index is 0. The summed E-state index contributed by atoms with van der Waals surface area (Å²) in [7, 11) is -15.4. The number of rotatable bonds is 33. The van der Waals surface area contributed by atoms with E-state index in [0.29, 0.717) is 59.5 Å².